The van der Waals surface area contributed by atoms with Gasteiger partial charge in [-0.05, 0) is 50.8 Å². The van der Waals surface area contributed by atoms with E-state index in [1.807, 2.05) is 13.0 Å². The number of methoxy groups -OCH3 is 1. The van der Waals surface area contributed by atoms with E-state index in [-0.39, 0.29) is 17.0 Å². The summed E-state index contributed by atoms with van der Waals surface area (Å²) in [4.78, 5) is 29.4. The molecule has 1 atom stereocenters. The van der Waals surface area contributed by atoms with Gasteiger partial charge in [0, 0.05) is 32.4 Å². The number of pyridine rings is 1. The lowest BCUT2D eigenvalue weighted by atomic mass is 9.98. The SMILES string of the molecule is COCCN1CCCC(CNC(=O)c2c(C)cc(C)[nH]c2=O)C1. The fraction of sp³-hybridized carbons (Fsp3) is 0.647. The topological polar surface area (TPSA) is 74.4 Å². The maximum Gasteiger partial charge on any atom is 0.261 e. The number of piperidine rings is 1. The minimum Gasteiger partial charge on any atom is -0.383 e. The van der Waals surface area contributed by atoms with Crippen molar-refractivity contribution in [1.29, 1.82) is 0 Å². The van der Waals surface area contributed by atoms with Gasteiger partial charge in [0.15, 0.2) is 0 Å². The van der Waals surface area contributed by atoms with Crippen LogP contribution in [0.25, 0.3) is 0 Å². The Balaban J connectivity index is 1.90. The van der Waals surface area contributed by atoms with Crippen LogP contribution in [-0.4, -0.2) is 55.7 Å². The van der Waals surface area contributed by atoms with Gasteiger partial charge >= 0.3 is 0 Å². The third-order valence-corrected chi connectivity index (χ3v) is 4.36. The van der Waals surface area contributed by atoms with Crippen LogP contribution in [0.1, 0.15) is 34.5 Å². The highest BCUT2D eigenvalue weighted by atomic mass is 16.5. The number of amides is 1. The molecular formula is C17H27N3O3. The first-order valence-electron chi connectivity index (χ1n) is 8.21. The van der Waals surface area contributed by atoms with Crippen molar-refractivity contribution in [3.63, 3.8) is 0 Å². The number of carbonyl (C=O) groups is 1. The second-order valence-corrected chi connectivity index (χ2v) is 6.35. The maximum absolute atomic E-state index is 12.3. The van der Waals surface area contributed by atoms with Crippen molar-refractivity contribution in [2.24, 2.45) is 5.92 Å². The fourth-order valence-corrected chi connectivity index (χ4v) is 3.20. The normalized spacial score (nSPS) is 18.8. The Hall–Kier alpha value is -1.66. The number of likely N-dealkylation sites (tertiary alicyclic amines) is 1. The third-order valence-electron chi connectivity index (χ3n) is 4.36. The molecule has 0 aromatic carbocycles. The zero-order valence-electron chi connectivity index (χ0n) is 14.3. The zero-order valence-corrected chi connectivity index (χ0v) is 14.3. The van der Waals surface area contributed by atoms with Gasteiger partial charge in [-0.3, -0.25) is 9.59 Å². The number of aromatic nitrogens is 1. The molecule has 0 bridgehead atoms. The van der Waals surface area contributed by atoms with Crippen molar-refractivity contribution in [2.75, 3.05) is 39.9 Å². The van der Waals surface area contributed by atoms with Crippen LogP contribution in [-0.2, 0) is 4.74 Å². The molecule has 1 aliphatic rings. The van der Waals surface area contributed by atoms with Crippen LogP contribution in [0.15, 0.2) is 10.9 Å². The number of aromatic amines is 1. The van der Waals surface area contributed by atoms with Crippen LogP contribution in [0.5, 0.6) is 0 Å². The van der Waals surface area contributed by atoms with E-state index in [0.717, 1.165) is 44.8 Å². The van der Waals surface area contributed by atoms with Crippen LogP contribution in [0.3, 0.4) is 0 Å². The van der Waals surface area contributed by atoms with Crippen molar-refractivity contribution < 1.29 is 9.53 Å². The Labute approximate surface area is 137 Å². The Kier molecular flexibility index (Phi) is 6.36. The second kappa shape index (κ2) is 8.26. The molecule has 1 saturated heterocycles. The van der Waals surface area contributed by atoms with Crippen molar-refractivity contribution >= 4 is 5.91 Å². The third kappa shape index (κ3) is 4.91. The number of H-pyrrole nitrogens is 1. The van der Waals surface area contributed by atoms with Crippen LogP contribution >= 0.6 is 0 Å². The van der Waals surface area contributed by atoms with Gasteiger partial charge in [0.2, 0.25) is 0 Å². The first-order chi connectivity index (χ1) is 11.0. The summed E-state index contributed by atoms with van der Waals surface area (Å²) in [5, 5.41) is 2.93. The van der Waals surface area contributed by atoms with Crippen molar-refractivity contribution in [2.45, 2.75) is 26.7 Å². The van der Waals surface area contributed by atoms with E-state index in [1.165, 1.54) is 0 Å². The first-order valence-corrected chi connectivity index (χ1v) is 8.21. The molecule has 1 aromatic heterocycles. The minimum absolute atomic E-state index is 0.225. The summed E-state index contributed by atoms with van der Waals surface area (Å²) in [7, 11) is 1.71. The van der Waals surface area contributed by atoms with Crippen LogP contribution in [0.4, 0.5) is 0 Å². The number of nitrogens with zero attached hydrogens (tertiary/aromatic N) is 1. The number of rotatable bonds is 6. The number of ether oxygens (including phenoxy) is 1. The Morgan fingerprint density at radius 3 is 2.96 bits per heavy atom. The molecule has 23 heavy (non-hydrogen) atoms. The maximum atomic E-state index is 12.3. The summed E-state index contributed by atoms with van der Waals surface area (Å²) in [5.74, 6) is 0.146. The Morgan fingerprint density at radius 2 is 2.26 bits per heavy atom. The lowest BCUT2D eigenvalue weighted by Gasteiger charge is -2.32. The van der Waals surface area contributed by atoms with Gasteiger partial charge < -0.3 is 19.9 Å². The smallest absolute Gasteiger partial charge is 0.261 e. The standard InChI is InChI=1S/C17H27N3O3/c1-12-9-13(2)19-17(22)15(12)16(21)18-10-14-5-4-6-20(11-14)7-8-23-3/h9,14H,4-8,10-11H2,1-3H3,(H,18,21)(H,19,22). The molecular weight excluding hydrogens is 294 g/mol. The van der Waals surface area contributed by atoms with E-state index in [2.05, 4.69) is 15.2 Å². The predicted molar refractivity (Wildman–Crippen MR) is 89.9 cm³/mol. The van der Waals surface area contributed by atoms with E-state index in [4.69, 9.17) is 4.74 Å². The quantitative estimate of drug-likeness (QED) is 0.822. The highest BCUT2D eigenvalue weighted by Gasteiger charge is 2.21. The van der Waals surface area contributed by atoms with Crippen LogP contribution < -0.4 is 10.9 Å². The van der Waals surface area contributed by atoms with E-state index < -0.39 is 0 Å². The first kappa shape index (κ1) is 17.7. The molecule has 2 rings (SSSR count). The molecule has 6 nitrogen and oxygen atoms in total. The lowest BCUT2D eigenvalue weighted by Crippen LogP contribution is -2.42. The molecule has 2 N–H and O–H groups in total. The van der Waals surface area contributed by atoms with Crippen LogP contribution in [0, 0.1) is 19.8 Å². The molecule has 2 heterocycles. The van der Waals surface area contributed by atoms with Gasteiger partial charge in [-0.25, -0.2) is 0 Å². The minimum atomic E-state index is -0.314. The largest absolute Gasteiger partial charge is 0.383 e. The van der Waals surface area contributed by atoms with E-state index in [9.17, 15) is 9.59 Å². The average molecular weight is 321 g/mol. The zero-order chi connectivity index (χ0) is 16.8. The molecule has 1 unspecified atom stereocenters. The molecule has 1 aromatic rings. The van der Waals surface area contributed by atoms with Crippen molar-refractivity contribution in [1.82, 2.24) is 15.2 Å². The molecule has 0 aliphatic carbocycles. The molecule has 0 radical (unpaired) electrons. The Morgan fingerprint density at radius 1 is 1.48 bits per heavy atom. The number of aryl methyl sites for hydroxylation is 2. The summed E-state index contributed by atoms with van der Waals surface area (Å²) in [5.41, 5.74) is 1.40. The van der Waals surface area contributed by atoms with Crippen molar-refractivity contribution in [3.05, 3.63) is 33.2 Å². The number of hydrogen-bond acceptors (Lipinski definition) is 4. The number of carbonyl (C=O) groups excluding carboxylic acids is 1. The lowest BCUT2D eigenvalue weighted by molar-refractivity contribution is 0.0911. The van der Waals surface area contributed by atoms with Gasteiger partial charge in [0.25, 0.3) is 11.5 Å². The summed E-state index contributed by atoms with van der Waals surface area (Å²) in [6.45, 7) is 7.93. The monoisotopic (exact) mass is 321 g/mol. The summed E-state index contributed by atoms with van der Waals surface area (Å²) >= 11 is 0. The molecule has 6 heteroatoms. The van der Waals surface area contributed by atoms with Gasteiger partial charge in [-0.15, -0.1) is 0 Å². The second-order valence-electron chi connectivity index (χ2n) is 6.35. The summed E-state index contributed by atoms with van der Waals surface area (Å²) in [6, 6.07) is 1.82. The molecule has 1 fully saturated rings. The highest BCUT2D eigenvalue weighted by Crippen LogP contribution is 2.15. The highest BCUT2D eigenvalue weighted by molar-refractivity contribution is 5.95. The molecule has 0 saturated carbocycles. The Bertz CT molecular complexity index is 597. The average Bonchev–Trinajstić information content (AvgIpc) is 2.50. The van der Waals surface area contributed by atoms with Gasteiger partial charge in [0.05, 0.1) is 6.61 Å². The molecule has 1 aliphatic heterocycles. The van der Waals surface area contributed by atoms with Gasteiger partial charge in [0.1, 0.15) is 5.56 Å². The molecule has 1 amide bonds. The fourth-order valence-electron chi connectivity index (χ4n) is 3.20. The number of nitrogens with one attached hydrogen (secondary N) is 2. The van der Waals surface area contributed by atoms with Crippen LogP contribution in [0.2, 0.25) is 0 Å². The predicted octanol–water partition coefficient (Wildman–Crippen LogP) is 1.08. The molecule has 128 valence electrons. The molecule has 0 spiro atoms. The summed E-state index contributed by atoms with van der Waals surface area (Å²) < 4.78 is 5.12. The van der Waals surface area contributed by atoms with Gasteiger partial charge in [-0.1, -0.05) is 0 Å². The van der Waals surface area contributed by atoms with Crippen molar-refractivity contribution in [3.8, 4) is 0 Å². The summed E-state index contributed by atoms with van der Waals surface area (Å²) in [6.07, 6.45) is 2.24. The number of hydrogen-bond donors (Lipinski definition) is 2. The van der Waals surface area contributed by atoms with E-state index in [1.54, 1.807) is 14.0 Å². The van der Waals surface area contributed by atoms with E-state index in [0.29, 0.717) is 18.0 Å². The van der Waals surface area contributed by atoms with E-state index >= 15 is 0 Å². The van der Waals surface area contributed by atoms with Gasteiger partial charge in [-0.2, -0.15) is 0 Å².